The molecule has 2 aromatic rings. The van der Waals surface area contributed by atoms with Gasteiger partial charge in [0.05, 0.1) is 6.07 Å². The second-order valence-electron chi connectivity index (χ2n) is 8.26. The van der Waals surface area contributed by atoms with Crippen LogP contribution in [-0.4, -0.2) is 25.7 Å². The Kier molecular flexibility index (Phi) is 5.17. The van der Waals surface area contributed by atoms with Crippen LogP contribution < -0.4 is 9.80 Å². The van der Waals surface area contributed by atoms with Crippen LogP contribution in [0.15, 0.2) is 59.8 Å². The van der Waals surface area contributed by atoms with Gasteiger partial charge in [-0.2, -0.15) is 5.26 Å². The van der Waals surface area contributed by atoms with Gasteiger partial charge in [-0.05, 0) is 49.6 Å². The first-order valence-corrected chi connectivity index (χ1v) is 10.3. The van der Waals surface area contributed by atoms with Crippen molar-refractivity contribution in [2.45, 2.75) is 32.1 Å². The average molecular weight is 399 g/mol. The summed E-state index contributed by atoms with van der Waals surface area (Å²) >= 11 is 0. The molecule has 1 N–H and O–H groups in total. The summed E-state index contributed by atoms with van der Waals surface area (Å²) < 4.78 is 0. The lowest BCUT2D eigenvalue weighted by atomic mass is 9.72. The van der Waals surface area contributed by atoms with E-state index < -0.39 is 11.8 Å². The first-order valence-electron chi connectivity index (χ1n) is 10.3. The number of nitrogens with one attached hydrogen (secondary N) is 1. The predicted octanol–water partition coefficient (Wildman–Crippen LogP) is 4.79. The topological polar surface area (TPSA) is 71.2 Å². The minimum atomic E-state index is -0.711. The lowest BCUT2D eigenvalue weighted by Gasteiger charge is -2.42. The molecule has 0 spiro atoms. The van der Waals surface area contributed by atoms with Gasteiger partial charge in [-0.3, -0.25) is 10.2 Å². The van der Waals surface area contributed by atoms with Crippen molar-refractivity contribution in [1.29, 1.82) is 10.7 Å². The number of benzene rings is 2. The molecule has 30 heavy (non-hydrogen) atoms. The van der Waals surface area contributed by atoms with E-state index in [-0.39, 0.29) is 11.6 Å². The van der Waals surface area contributed by atoms with Crippen molar-refractivity contribution in [3.05, 3.63) is 70.9 Å². The maximum atomic E-state index is 13.1. The maximum Gasteiger partial charge on any atom is 0.161 e. The van der Waals surface area contributed by atoms with Crippen LogP contribution in [0.25, 0.3) is 0 Å². The van der Waals surface area contributed by atoms with E-state index in [4.69, 9.17) is 5.41 Å². The van der Waals surface area contributed by atoms with Crippen LogP contribution >= 0.6 is 0 Å². The number of nitrogens with zero attached hydrogens (tertiary/aromatic N) is 3. The van der Waals surface area contributed by atoms with Gasteiger partial charge in [-0.1, -0.05) is 29.8 Å². The van der Waals surface area contributed by atoms with Crippen LogP contribution in [0.3, 0.4) is 0 Å². The third-order valence-electron chi connectivity index (χ3n) is 6.08. The monoisotopic (exact) mass is 398 g/mol. The van der Waals surface area contributed by atoms with E-state index in [0.717, 1.165) is 41.0 Å². The number of Topliss-reactive ketones (excluding diaryl/α,β-unsaturated/α-hetero) is 1. The van der Waals surface area contributed by atoms with Crippen molar-refractivity contribution < 1.29 is 4.79 Å². The Morgan fingerprint density at radius 1 is 1.07 bits per heavy atom. The highest BCUT2D eigenvalue weighted by Gasteiger charge is 2.44. The van der Waals surface area contributed by atoms with E-state index >= 15 is 0 Å². The molecule has 0 fully saturated rings. The molecular formula is C25H26N4O. The molecule has 1 heterocycles. The molecule has 2 atom stereocenters. The summed E-state index contributed by atoms with van der Waals surface area (Å²) in [5.74, 6) is -0.764. The van der Waals surface area contributed by atoms with E-state index in [0.29, 0.717) is 12.0 Å². The molecule has 0 aromatic heterocycles. The molecule has 2 unspecified atom stereocenters. The Morgan fingerprint density at radius 3 is 2.33 bits per heavy atom. The minimum Gasteiger partial charge on any atom is -0.378 e. The van der Waals surface area contributed by atoms with Crippen molar-refractivity contribution in [2.24, 2.45) is 5.92 Å². The standard InChI is InChI=1S/C25H26N4O/c1-16-7-11-19(12-8-16)29-21-5-4-6-22(30)24(21)23(20(15-26)25(29)27)17-9-13-18(14-10-17)28(2)3/h7-14,20,23,27H,4-6H2,1-3H3. The molecule has 1 aliphatic heterocycles. The normalized spacial score (nSPS) is 21.3. The number of allylic oxidation sites excluding steroid dienone is 2. The van der Waals surface area contributed by atoms with E-state index in [1.54, 1.807) is 0 Å². The van der Waals surface area contributed by atoms with Crippen molar-refractivity contribution in [2.75, 3.05) is 23.9 Å². The fourth-order valence-electron chi connectivity index (χ4n) is 4.50. The molecule has 0 bridgehead atoms. The van der Waals surface area contributed by atoms with Crippen LogP contribution in [0.1, 0.15) is 36.3 Å². The quantitative estimate of drug-likeness (QED) is 0.807. The highest BCUT2D eigenvalue weighted by atomic mass is 16.1. The third kappa shape index (κ3) is 3.29. The second kappa shape index (κ2) is 7.79. The zero-order valence-corrected chi connectivity index (χ0v) is 17.6. The molecule has 4 rings (SSSR count). The third-order valence-corrected chi connectivity index (χ3v) is 6.08. The largest absolute Gasteiger partial charge is 0.378 e. The van der Waals surface area contributed by atoms with Crippen molar-refractivity contribution in [1.82, 2.24) is 0 Å². The van der Waals surface area contributed by atoms with Gasteiger partial charge in [0.1, 0.15) is 11.8 Å². The van der Waals surface area contributed by atoms with E-state index in [9.17, 15) is 10.1 Å². The molecule has 5 nitrogen and oxygen atoms in total. The number of ketones is 1. The summed E-state index contributed by atoms with van der Waals surface area (Å²) in [6.45, 7) is 2.02. The van der Waals surface area contributed by atoms with Gasteiger partial charge in [-0.15, -0.1) is 0 Å². The van der Waals surface area contributed by atoms with Gasteiger partial charge >= 0.3 is 0 Å². The summed E-state index contributed by atoms with van der Waals surface area (Å²) in [6, 6.07) is 18.3. The van der Waals surface area contributed by atoms with Crippen LogP contribution in [0, 0.1) is 29.6 Å². The van der Waals surface area contributed by atoms with Gasteiger partial charge in [0, 0.05) is 49.1 Å². The fraction of sp³-hybridized carbons (Fsp3) is 0.320. The number of carbonyl (C=O) groups is 1. The van der Waals surface area contributed by atoms with Crippen molar-refractivity contribution in [3.63, 3.8) is 0 Å². The number of hydrogen-bond donors (Lipinski definition) is 1. The number of aryl methyl sites for hydroxylation is 1. The molecular weight excluding hydrogens is 372 g/mol. The van der Waals surface area contributed by atoms with Gasteiger partial charge < -0.3 is 9.80 Å². The highest BCUT2D eigenvalue weighted by Crippen LogP contribution is 2.46. The first-order chi connectivity index (χ1) is 14.4. The summed E-state index contributed by atoms with van der Waals surface area (Å²) in [6.07, 6.45) is 2.01. The average Bonchev–Trinajstić information content (AvgIpc) is 2.74. The van der Waals surface area contributed by atoms with Crippen LogP contribution in [0.4, 0.5) is 11.4 Å². The summed E-state index contributed by atoms with van der Waals surface area (Å²) in [7, 11) is 3.96. The number of nitriles is 1. The molecule has 1 aliphatic carbocycles. The van der Waals surface area contributed by atoms with E-state index in [1.165, 1.54) is 0 Å². The minimum absolute atomic E-state index is 0.0998. The highest BCUT2D eigenvalue weighted by molar-refractivity contribution is 6.10. The molecule has 0 amide bonds. The smallest absolute Gasteiger partial charge is 0.161 e. The van der Waals surface area contributed by atoms with Crippen molar-refractivity contribution >= 4 is 23.0 Å². The second-order valence-corrected chi connectivity index (χ2v) is 8.26. The van der Waals surface area contributed by atoms with Gasteiger partial charge in [-0.25, -0.2) is 0 Å². The summed E-state index contributed by atoms with van der Waals surface area (Å²) in [4.78, 5) is 17.0. The van der Waals surface area contributed by atoms with Crippen LogP contribution in [-0.2, 0) is 4.79 Å². The molecule has 0 radical (unpaired) electrons. The zero-order valence-electron chi connectivity index (χ0n) is 17.6. The SMILES string of the molecule is Cc1ccc(N2C(=N)C(C#N)C(c3ccc(N(C)C)cc3)C3=C2CCCC3=O)cc1. The molecule has 2 aliphatic rings. The first kappa shape index (κ1) is 19.9. The van der Waals surface area contributed by atoms with E-state index in [2.05, 4.69) is 6.07 Å². The molecule has 2 aromatic carbocycles. The van der Waals surface area contributed by atoms with Gasteiger partial charge in [0.2, 0.25) is 0 Å². The number of carbonyl (C=O) groups excluding carboxylic acids is 1. The lowest BCUT2D eigenvalue weighted by molar-refractivity contribution is -0.116. The van der Waals surface area contributed by atoms with Crippen LogP contribution in [0.2, 0.25) is 0 Å². The number of anilines is 2. The molecule has 0 saturated heterocycles. The van der Waals surface area contributed by atoms with Gasteiger partial charge in [0.25, 0.3) is 0 Å². The Labute approximate surface area is 177 Å². The maximum absolute atomic E-state index is 13.1. The van der Waals surface area contributed by atoms with E-state index in [1.807, 2.05) is 79.3 Å². The zero-order chi connectivity index (χ0) is 21.4. The lowest BCUT2D eigenvalue weighted by Crippen LogP contribution is -2.45. The Morgan fingerprint density at radius 2 is 1.73 bits per heavy atom. The molecule has 0 saturated carbocycles. The Balaban J connectivity index is 1.89. The number of amidine groups is 1. The number of rotatable bonds is 3. The Bertz CT molecular complexity index is 1060. The summed E-state index contributed by atoms with van der Waals surface area (Å²) in [5.41, 5.74) is 5.54. The molecule has 5 heteroatoms. The predicted molar refractivity (Wildman–Crippen MR) is 120 cm³/mol. The van der Waals surface area contributed by atoms with Gasteiger partial charge in [0.15, 0.2) is 5.78 Å². The number of hydrogen-bond acceptors (Lipinski definition) is 4. The fourth-order valence-corrected chi connectivity index (χ4v) is 4.50. The molecule has 152 valence electrons. The van der Waals surface area contributed by atoms with Crippen LogP contribution in [0.5, 0.6) is 0 Å². The van der Waals surface area contributed by atoms with Crippen molar-refractivity contribution in [3.8, 4) is 6.07 Å². The Hall–Kier alpha value is -3.39. The summed E-state index contributed by atoms with van der Waals surface area (Å²) in [5, 5.41) is 19.0.